The standard InChI is InChI=1S/C31H37ClF2N6O4/c1-19-14-35-9-11-39(16-19)28-23-15-36-26(22-5-2-7-24(32)21(22)6-3-12-43-30(41)42)25(34)27(23)37-29(38-28)44-18-31-8-4-10-40(31)17-20(33)13-31/h2,5,7,15,19-20,35H,3-4,6,8-14,16-18H2,1H3,(H,41,42)/t19-,20?,31+/m1/s1. The van der Waals surface area contributed by atoms with Crippen molar-refractivity contribution in [2.75, 3.05) is 57.4 Å². The predicted molar refractivity (Wildman–Crippen MR) is 163 cm³/mol. The van der Waals surface area contributed by atoms with Gasteiger partial charge in [0.25, 0.3) is 0 Å². The molecule has 3 saturated heterocycles. The van der Waals surface area contributed by atoms with E-state index < -0.39 is 23.7 Å². The number of alkyl halides is 1. The van der Waals surface area contributed by atoms with Crippen LogP contribution in [0.3, 0.4) is 0 Å². The summed E-state index contributed by atoms with van der Waals surface area (Å²) in [7, 11) is 0. The minimum Gasteiger partial charge on any atom is -0.461 e. The smallest absolute Gasteiger partial charge is 0.461 e. The maximum Gasteiger partial charge on any atom is 0.505 e. The Morgan fingerprint density at radius 3 is 2.98 bits per heavy atom. The van der Waals surface area contributed by atoms with E-state index in [-0.39, 0.29) is 30.4 Å². The number of anilines is 1. The third-order valence-corrected chi connectivity index (χ3v) is 9.28. The highest BCUT2D eigenvalue weighted by molar-refractivity contribution is 6.31. The second-order valence-electron chi connectivity index (χ2n) is 12.1. The van der Waals surface area contributed by atoms with Gasteiger partial charge in [0.05, 0.1) is 17.5 Å². The van der Waals surface area contributed by atoms with Crippen LogP contribution >= 0.6 is 11.6 Å². The van der Waals surface area contributed by atoms with Crippen LogP contribution in [0.1, 0.15) is 38.2 Å². The topological polar surface area (TPSA) is 113 Å². The zero-order valence-electron chi connectivity index (χ0n) is 24.7. The van der Waals surface area contributed by atoms with E-state index >= 15 is 4.39 Å². The molecule has 13 heteroatoms. The fourth-order valence-electron chi connectivity index (χ4n) is 6.89. The maximum absolute atomic E-state index is 16.6. The normalized spacial score (nSPS) is 24.0. The van der Waals surface area contributed by atoms with E-state index in [1.54, 1.807) is 24.4 Å². The Kier molecular flexibility index (Phi) is 9.02. The number of aromatic nitrogens is 3. The summed E-state index contributed by atoms with van der Waals surface area (Å²) >= 11 is 6.53. The predicted octanol–water partition coefficient (Wildman–Crippen LogP) is 5.11. The van der Waals surface area contributed by atoms with E-state index in [1.165, 1.54) is 0 Å². The molecule has 2 N–H and O–H groups in total. The van der Waals surface area contributed by atoms with E-state index in [9.17, 15) is 9.18 Å². The lowest BCUT2D eigenvalue weighted by atomic mass is 9.95. The zero-order chi connectivity index (χ0) is 30.8. The van der Waals surface area contributed by atoms with Crippen molar-refractivity contribution < 1.29 is 28.2 Å². The Morgan fingerprint density at radius 2 is 2.14 bits per heavy atom. The Bertz CT molecular complexity index is 1530. The van der Waals surface area contributed by atoms with Crippen molar-refractivity contribution in [1.29, 1.82) is 0 Å². The largest absolute Gasteiger partial charge is 0.505 e. The molecule has 5 heterocycles. The second kappa shape index (κ2) is 12.9. The molecule has 2 aromatic heterocycles. The monoisotopic (exact) mass is 630 g/mol. The number of rotatable bonds is 9. The lowest BCUT2D eigenvalue weighted by Gasteiger charge is -2.31. The molecule has 6 rings (SSSR count). The summed E-state index contributed by atoms with van der Waals surface area (Å²) in [6.07, 6.45) is 2.28. The Hall–Kier alpha value is -3.35. The lowest BCUT2D eigenvalue weighted by Crippen LogP contribution is -2.43. The Morgan fingerprint density at radius 1 is 1.27 bits per heavy atom. The molecule has 0 amide bonds. The van der Waals surface area contributed by atoms with Crippen LogP contribution < -0.4 is 15.0 Å². The van der Waals surface area contributed by atoms with Gasteiger partial charge in [-0.2, -0.15) is 9.97 Å². The summed E-state index contributed by atoms with van der Waals surface area (Å²) < 4.78 is 41.9. The molecular weight excluding hydrogens is 594 g/mol. The molecule has 0 radical (unpaired) electrons. The molecule has 3 aromatic rings. The average molecular weight is 631 g/mol. The number of ether oxygens (including phenoxy) is 2. The summed E-state index contributed by atoms with van der Waals surface area (Å²) in [5.74, 6) is 0.243. The molecule has 236 valence electrons. The first kappa shape index (κ1) is 30.7. The Balaban J connectivity index is 1.39. The molecule has 0 spiro atoms. The van der Waals surface area contributed by atoms with Crippen LogP contribution in [-0.2, 0) is 11.2 Å². The van der Waals surface area contributed by atoms with Crippen LogP contribution in [0.15, 0.2) is 24.4 Å². The fraction of sp³-hybridized carbons (Fsp3) is 0.548. The zero-order valence-corrected chi connectivity index (χ0v) is 25.5. The number of hydrogen-bond donors (Lipinski definition) is 2. The van der Waals surface area contributed by atoms with E-state index in [0.29, 0.717) is 72.2 Å². The number of halogens is 3. The van der Waals surface area contributed by atoms with Crippen molar-refractivity contribution in [3.05, 3.63) is 40.8 Å². The molecule has 0 saturated carbocycles. The van der Waals surface area contributed by atoms with Crippen LogP contribution in [0.25, 0.3) is 22.2 Å². The van der Waals surface area contributed by atoms with Gasteiger partial charge in [0.15, 0.2) is 5.82 Å². The van der Waals surface area contributed by atoms with Gasteiger partial charge >= 0.3 is 12.2 Å². The van der Waals surface area contributed by atoms with Crippen LogP contribution in [0.4, 0.5) is 19.4 Å². The summed E-state index contributed by atoms with van der Waals surface area (Å²) in [5.41, 5.74) is 0.876. The maximum atomic E-state index is 16.6. The van der Waals surface area contributed by atoms with E-state index in [4.69, 9.17) is 26.4 Å². The van der Waals surface area contributed by atoms with Crippen molar-refractivity contribution in [3.8, 4) is 17.3 Å². The Labute approximate surface area is 259 Å². The molecule has 3 aliphatic heterocycles. The van der Waals surface area contributed by atoms with Crippen molar-refractivity contribution in [2.45, 2.75) is 50.7 Å². The highest BCUT2D eigenvalue weighted by Crippen LogP contribution is 2.41. The van der Waals surface area contributed by atoms with Crippen molar-refractivity contribution in [1.82, 2.24) is 25.2 Å². The highest BCUT2D eigenvalue weighted by atomic mass is 35.5. The van der Waals surface area contributed by atoms with Gasteiger partial charge in [0, 0.05) is 49.4 Å². The number of carbonyl (C=O) groups is 1. The van der Waals surface area contributed by atoms with Gasteiger partial charge in [-0.3, -0.25) is 9.88 Å². The fourth-order valence-corrected chi connectivity index (χ4v) is 7.16. The summed E-state index contributed by atoms with van der Waals surface area (Å²) in [6, 6.07) is 5.21. The summed E-state index contributed by atoms with van der Waals surface area (Å²) in [5, 5.41) is 13.1. The second-order valence-corrected chi connectivity index (χ2v) is 12.5. The van der Waals surface area contributed by atoms with Gasteiger partial charge in [0.1, 0.15) is 29.8 Å². The van der Waals surface area contributed by atoms with Crippen molar-refractivity contribution in [3.63, 3.8) is 0 Å². The minimum atomic E-state index is -1.35. The van der Waals surface area contributed by atoms with E-state index in [2.05, 4.69) is 36.7 Å². The summed E-state index contributed by atoms with van der Waals surface area (Å²) in [4.78, 5) is 29.0. The molecule has 1 unspecified atom stereocenters. The molecule has 3 fully saturated rings. The molecule has 0 aliphatic carbocycles. The van der Waals surface area contributed by atoms with E-state index in [0.717, 1.165) is 32.5 Å². The quantitative estimate of drug-likeness (QED) is 0.244. The minimum absolute atomic E-state index is 0.0178. The molecule has 1 aromatic carbocycles. The number of pyridine rings is 1. The van der Waals surface area contributed by atoms with Gasteiger partial charge in [-0.25, -0.2) is 13.6 Å². The molecule has 0 bridgehead atoms. The molecular formula is C31H37ClF2N6O4. The van der Waals surface area contributed by atoms with Gasteiger partial charge in [-0.05, 0) is 56.3 Å². The van der Waals surface area contributed by atoms with Gasteiger partial charge in [-0.1, -0.05) is 30.7 Å². The van der Waals surface area contributed by atoms with Crippen molar-refractivity contribution in [2.24, 2.45) is 5.92 Å². The van der Waals surface area contributed by atoms with Gasteiger partial charge in [0.2, 0.25) is 0 Å². The lowest BCUT2D eigenvalue weighted by molar-refractivity contribution is 0.0907. The third kappa shape index (κ3) is 6.25. The van der Waals surface area contributed by atoms with Gasteiger partial charge < -0.3 is 24.8 Å². The number of hydrogen-bond acceptors (Lipinski definition) is 9. The highest BCUT2D eigenvalue weighted by Gasteiger charge is 2.49. The molecule has 3 atom stereocenters. The van der Waals surface area contributed by atoms with Crippen molar-refractivity contribution >= 4 is 34.5 Å². The molecule has 10 nitrogen and oxygen atoms in total. The SMILES string of the molecule is C[C@@H]1CNCCN(c2nc(OC[C@@]34CCCN3CC(F)C4)nc3c(F)c(-c4cccc(Cl)c4CCCOC(=O)O)ncc23)C1. The first-order valence-electron chi connectivity index (χ1n) is 15.2. The number of nitrogens with one attached hydrogen (secondary N) is 1. The van der Waals surface area contributed by atoms with Gasteiger partial charge in [-0.15, -0.1) is 0 Å². The summed E-state index contributed by atoms with van der Waals surface area (Å²) in [6.45, 7) is 6.57. The first-order chi connectivity index (χ1) is 21.2. The first-order valence-corrected chi connectivity index (χ1v) is 15.6. The average Bonchev–Trinajstić information content (AvgIpc) is 3.42. The van der Waals surface area contributed by atoms with Crippen LogP contribution in [0, 0.1) is 11.7 Å². The molecule has 44 heavy (non-hydrogen) atoms. The van der Waals surface area contributed by atoms with E-state index in [1.807, 2.05) is 0 Å². The number of carboxylic acid groups (broad SMARTS) is 1. The number of fused-ring (bicyclic) bond motifs is 2. The van der Waals surface area contributed by atoms with Crippen LogP contribution in [0.2, 0.25) is 5.02 Å². The molecule has 3 aliphatic rings. The van der Waals surface area contributed by atoms with Crippen LogP contribution in [-0.4, -0.2) is 95.3 Å². The third-order valence-electron chi connectivity index (χ3n) is 8.93. The number of nitrogens with zero attached hydrogens (tertiary/aromatic N) is 5. The number of benzene rings is 1. The van der Waals surface area contributed by atoms with Crippen LogP contribution in [0.5, 0.6) is 6.01 Å².